The average molecular weight is 310 g/mol. The molecule has 0 radical (unpaired) electrons. The van der Waals surface area contributed by atoms with Crippen LogP contribution in [-0.4, -0.2) is 34.6 Å². The maximum atomic E-state index is 4.75. The van der Waals surface area contributed by atoms with Crippen LogP contribution in [0.1, 0.15) is 56.1 Å². The maximum Gasteiger partial charge on any atom is 0.107 e. The Morgan fingerprint density at radius 3 is 2.67 bits per heavy atom. The predicted molar refractivity (Wildman–Crippen MR) is 91.9 cm³/mol. The van der Waals surface area contributed by atoms with E-state index in [9.17, 15) is 0 Å². The Labute approximate surface area is 134 Å². The molecule has 1 N–H and O–H groups in total. The Hall–Kier alpha value is -0.450. The summed E-state index contributed by atoms with van der Waals surface area (Å²) >= 11 is 1.86. The summed E-state index contributed by atoms with van der Waals surface area (Å²) in [6, 6.07) is 0.633. The molecule has 3 nitrogen and oxygen atoms in total. The van der Waals surface area contributed by atoms with Crippen LogP contribution in [-0.2, 0) is 6.54 Å². The standard InChI is InChI=1S/C17H31N3S/c1-7-17(6)11-20(15(9-18-17)8-12(2)3)10-16-19-13(4)14(5)21-16/h12,15,18H,7-11H2,1-6H3. The number of aromatic nitrogens is 1. The SMILES string of the molecule is CCC1(C)CN(Cc2nc(C)c(C)s2)C(CC(C)C)CN1. The molecule has 2 atom stereocenters. The third-order valence-corrected chi connectivity index (χ3v) is 5.83. The number of nitrogens with zero attached hydrogens (tertiary/aromatic N) is 2. The lowest BCUT2D eigenvalue weighted by Gasteiger charge is -2.46. The normalized spacial score (nSPS) is 27.5. The van der Waals surface area contributed by atoms with Gasteiger partial charge in [0, 0.05) is 29.5 Å². The highest BCUT2D eigenvalue weighted by molar-refractivity contribution is 7.11. The summed E-state index contributed by atoms with van der Waals surface area (Å²) in [4.78, 5) is 8.77. The molecule has 4 heteroatoms. The number of hydrogen-bond donors (Lipinski definition) is 1. The number of hydrogen-bond acceptors (Lipinski definition) is 4. The largest absolute Gasteiger partial charge is 0.309 e. The third-order valence-electron chi connectivity index (χ3n) is 4.77. The summed E-state index contributed by atoms with van der Waals surface area (Å²) in [6.07, 6.45) is 2.43. The first-order chi connectivity index (χ1) is 9.83. The quantitative estimate of drug-likeness (QED) is 0.898. The Morgan fingerprint density at radius 2 is 2.14 bits per heavy atom. The van der Waals surface area contributed by atoms with Crippen molar-refractivity contribution in [2.24, 2.45) is 5.92 Å². The Morgan fingerprint density at radius 1 is 1.43 bits per heavy atom. The van der Waals surface area contributed by atoms with Gasteiger partial charge in [0.2, 0.25) is 0 Å². The number of rotatable bonds is 5. The van der Waals surface area contributed by atoms with Crippen molar-refractivity contribution in [2.75, 3.05) is 13.1 Å². The monoisotopic (exact) mass is 309 g/mol. The average Bonchev–Trinajstić information content (AvgIpc) is 2.71. The van der Waals surface area contributed by atoms with Crippen LogP contribution in [0.2, 0.25) is 0 Å². The fraction of sp³-hybridized carbons (Fsp3) is 0.824. The smallest absolute Gasteiger partial charge is 0.107 e. The van der Waals surface area contributed by atoms with Gasteiger partial charge in [-0.25, -0.2) is 4.98 Å². The van der Waals surface area contributed by atoms with E-state index in [0.29, 0.717) is 6.04 Å². The molecule has 21 heavy (non-hydrogen) atoms. The Bertz CT molecular complexity index is 449. The first kappa shape index (κ1) is 16.9. The van der Waals surface area contributed by atoms with Gasteiger partial charge in [-0.2, -0.15) is 0 Å². The summed E-state index contributed by atoms with van der Waals surface area (Å²) in [5.41, 5.74) is 1.44. The first-order valence-corrected chi connectivity index (χ1v) is 9.06. The maximum absolute atomic E-state index is 4.75. The Balaban J connectivity index is 2.12. The van der Waals surface area contributed by atoms with Crippen molar-refractivity contribution < 1.29 is 0 Å². The highest BCUT2D eigenvalue weighted by atomic mass is 32.1. The summed E-state index contributed by atoms with van der Waals surface area (Å²) in [6.45, 7) is 16.8. The van der Waals surface area contributed by atoms with E-state index in [-0.39, 0.29) is 5.54 Å². The molecule has 1 aliphatic heterocycles. The van der Waals surface area contributed by atoms with Crippen LogP contribution in [0.5, 0.6) is 0 Å². The zero-order chi connectivity index (χ0) is 15.6. The zero-order valence-corrected chi connectivity index (χ0v) is 15.3. The Kier molecular flexibility index (Phi) is 5.44. The van der Waals surface area contributed by atoms with Crippen molar-refractivity contribution in [1.29, 1.82) is 0 Å². The van der Waals surface area contributed by atoms with Gasteiger partial charge in [-0.1, -0.05) is 20.8 Å². The minimum absolute atomic E-state index is 0.245. The fourth-order valence-electron chi connectivity index (χ4n) is 3.11. The highest BCUT2D eigenvalue weighted by Gasteiger charge is 2.35. The van der Waals surface area contributed by atoms with E-state index in [4.69, 9.17) is 4.98 Å². The molecule has 0 saturated carbocycles. The molecule has 120 valence electrons. The number of thiazole rings is 1. The molecule has 1 saturated heterocycles. The number of piperazine rings is 1. The molecule has 2 rings (SSSR count). The van der Waals surface area contributed by atoms with Gasteiger partial charge < -0.3 is 5.32 Å². The first-order valence-electron chi connectivity index (χ1n) is 8.25. The number of aryl methyl sites for hydroxylation is 2. The summed E-state index contributed by atoms with van der Waals surface area (Å²) in [7, 11) is 0. The summed E-state index contributed by atoms with van der Waals surface area (Å²) < 4.78 is 0. The van der Waals surface area contributed by atoms with Gasteiger partial charge in [-0.05, 0) is 39.5 Å². The van der Waals surface area contributed by atoms with Gasteiger partial charge in [0.1, 0.15) is 5.01 Å². The van der Waals surface area contributed by atoms with Crippen molar-refractivity contribution in [2.45, 2.75) is 72.5 Å². The van der Waals surface area contributed by atoms with E-state index in [1.54, 1.807) is 0 Å². The lowest BCUT2D eigenvalue weighted by atomic mass is 9.91. The molecular formula is C17H31N3S. The lowest BCUT2D eigenvalue weighted by molar-refractivity contribution is 0.0663. The van der Waals surface area contributed by atoms with E-state index >= 15 is 0 Å². The van der Waals surface area contributed by atoms with Crippen molar-refractivity contribution in [3.8, 4) is 0 Å². The van der Waals surface area contributed by atoms with Crippen LogP contribution < -0.4 is 5.32 Å². The molecule has 0 aliphatic carbocycles. The van der Waals surface area contributed by atoms with E-state index < -0.39 is 0 Å². The van der Waals surface area contributed by atoms with Crippen LogP contribution in [0.3, 0.4) is 0 Å². The second-order valence-corrected chi connectivity index (χ2v) is 8.52. The molecular weight excluding hydrogens is 278 g/mol. The van der Waals surface area contributed by atoms with E-state index in [1.165, 1.54) is 28.4 Å². The summed E-state index contributed by atoms with van der Waals surface area (Å²) in [5, 5.41) is 5.05. The van der Waals surface area contributed by atoms with Crippen molar-refractivity contribution in [3.05, 3.63) is 15.6 Å². The third kappa shape index (κ3) is 4.27. The van der Waals surface area contributed by atoms with Gasteiger partial charge in [0.25, 0.3) is 0 Å². The minimum Gasteiger partial charge on any atom is -0.309 e. The van der Waals surface area contributed by atoms with Crippen LogP contribution in [0.25, 0.3) is 0 Å². The predicted octanol–water partition coefficient (Wildman–Crippen LogP) is 3.75. The van der Waals surface area contributed by atoms with Crippen LogP contribution in [0.4, 0.5) is 0 Å². The van der Waals surface area contributed by atoms with Crippen LogP contribution in [0.15, 0.2) is 0 Å². The second kappa shape index (κ2) is 6.76. The topological polar surface area (TPSA) is 28.2 Å². The van der Waals surface area contributed by atoms with Gasteiger partial charge in [0.15, 0.2) is 0 Å². The van der Waals surface area contributed by atoms with Crippen LogP contribution in [0, 0.1) is 19.8 Å². The molecule has 0 aromatic carbocycles. The van der Waals surface area contributed by atoms with Crippen molar-refractivity contribution in [1.82, 2.24) is 15.2 Å². The molecule has 2 heterocycles. The fourth-order valence-corrected chi connectivity index (χ4v) is 4.07. The van der Waals surface area contributed by atoms with Crippen molar-refractivity contribution in [3.63, 3.8) is 0 Å². The van der Waals surface area contributed by atoms with E-state index in [0.717, 1.165) is 25.6 Å². The lowest BCUT2D eigenvalue weighted by Crippen LogP contribution is -2.62. The van der Waals surface area contributed by atoms with Gasteiger partial charge in [0.05, 0.1) is 12.2 Å². The van der Waals surface area contributed by atoms with E-state index in [2.05, 4.69) is 51.8 Å². The number of nitrogens with one attached hydrogen (secondary N) is 1. The van der Waals surface area contributed by atoms with Gasteiger partial charge >= 0.3 is 0 Å². The molecule has 1 aliphatic rings. The molecule has 1 fully saturated rings. The highest BCUT2D eigenvalue weighted by Crippen LogP contribution is 2.26. The molecule has 0 bridgehead atoms. The molecule has 1 aromatic rings. The molecule has 2 unspecified atom stereocenters. The molecule has 0 spiro atoms. The molecule has 0 amide bonds. The van der Waals surface area contributed by atoms with E-state index in [1.807, 2.05) is 11.3 Å². The van der Waals surface area contributed by atoms with Crippen molar-refractivity contribution >= 4 is 11.3 Å². The van der Waals surface area contributed by atoms with Crippen LogP contribution >= 0.6 is 11.3 Å². The van der Waals surface area contributed by atoms with Gasteiger partial charge in [-0.3, -0.25) is 4.90 Å². The second-order valence-electron chi connectivity index (χ2n) is 7.23. The molecule has 1 aromatic heterocycles. The summed E-state index contributed by atoms with van der Waals surface area (Å²) in [5.74, 6) is 0.741. The zero-order valence-electron chi connectivity index (χ0n) is 14.5. The minimum atomic E-state index is 0.245. The van der Waals surface area contributed by atoms with Gasteiger partial charge in [-0.15, -0.1) is 11.3 Å².